The van der Waals surface area contributed by atoms with Crippen molar-refractivity contribution in [2.45, 2.75) is 38.9 Å². The summed E-state index contributed by atoms with van der Waals surface area (Å²) in [6, 6.07) is 0. The lowest BCUT2D eigenvalue weighted by atomic mass is 9.88. The van der Waals surface area contributed by atoms with Crippen molar-refractivity contribution in [3.8, 4) is 0 Å². The SMILES string of the molecule is CC1(C)OB(C(F)=Cc2nnc(N)s2)OC1(C)C. The van der Waals surface area contributed by atoms with Crippen molar-refractivity contribution >= 4 is 29.7 Å². The molecule has 0 spiro atoms. The summed E-state index contributed by atoms with van der Waals surface area (Å²) in [5.74, 6) is 0. The minimum atomic E-state index is -1.01. The Morgan fingerprint density at radius 2 is 1.83 bits per heavy atom. The fourth-order valence-electron chi connectivity index (χ4n) is 1.45. The van der Waals surface area contributed by atoms with E-state index in [0.717, 1.165) is 11.3 Å². The number of hydrogen-bond donors (Lipinski definition) is 1. The molecule has 0 atom stereocenters. The molecule has 0 radical (unpaired) electrons. The highest BCUT2D eigenvalue weighted by atomic mass is 32.1. The van der Waals surface area contributed by atoms with Crippen LogP contribution in [0.3, 0.4) is 0 Å². The third-order valence-electron chi connectivity index (χ3n) is 3.20. The van der Waals surface area contributed by atoms with Crippen LogP contribution in [-0.2, 0) is 9.31 Å². The Balaban J connectivity index is 2.17. The minimum Gasteiger partial charge on any atom is -0.398 e. The van der Waals surface area contributed by atoms with Crippen molar-refractivity contribution < 1.29 is 13.7 Å². The molecule has 1 aliphatic heterocycles. The molecule has 1 aliphatic rings. The van der Waals surface area contributed by atoms with Crippen molar-refractivity contribution in [3.05, 3.63) is 10.7 Å². The summed E-state index contributed by atoms with van der Waals surface area (Å²) in [5, 5.41) is 8.01. The van der Waals surface area contributed by atoms with Gasteiger partial charge in [0, 0.05) is 6.08 Å². The summed E-state index contributed by atoms with van der Waals surface area (Å²) < 4.78 is 25.1. The second kappa shape index (κ2) is 4.29. The van der Waals surface area contributed by atoms with E-state index in [-0.39, 0.29) is 0 Å². The molecule has 8 heteroatoms. The first kappa shape index (κ1) is 13.4. The van der Waals surface area contributed by atoms with Crippen molar-refractivity contribution in [3.63, 3.8) is 0 Å². The summed E-state index contributed by atoms with van der Waals surface area (Å²) in [6.45, 7) is 7.46. The molecular weight excluding hydrogens is 256 g/mol. The summed E-state index contributed by atoms with van der Waals surface area (Å²) in [7, 11) is -1.01. The van der Waals surface area contributed by atoms with E-state index in [1.807, 2.05) is 27.7 Å². The van der Waals surface area contributed by atoms with Crippen molar-refractivity contribution in [1.82, 2.24) is 10.2 Å². The van der Waals surface area contributed by atoms with Crippen LogP contribution in [-0.4, -0.2) is 28.5 Å². The first-order chi connectivity index (χ1) is 8.21. The fraction of sp³-hybridized carbons (Fsp3) is 0.600. The molecule has 0 saturated carbocycles. The zero-order valence-electron chi connectivity index (χ0n) is 10.7. The molecule has 0 amide bonds. The molecule has 1 aromatic heterocycles. The van der Waals surface area contributed by atoms with Gasteiger partial charge < -0.3 is 15.0 Å². The van der Waals surface area contributed by atoms with Gasteiger partial charge >= 0.3 is 7.12 Å². The normalized spacial score (nSPS) is 22.5. The molecule has 5 nitrogen and oxygen atoms in total. The molecule has 0 bridgehead atoms. The fourth-order valence-corrected chi connectivity index (χ4v) is 2.00. The largest absolute Gasteiger partial charge is 0.525 e. The molecule has 1 fully saturated rings. The topological polar surface area (TPSA) is 70.3 Å². The van der Waals surface area contributed by atoms with E-state index in [0.29, 0.717) is 10.1 Å². The number of rotatable bonds is 2. The van der Waals surface area contributed by atoms with E-state index >= 15 is 0 Å². The van der Waals surface area contributed by atoms with Crippen LogP contribution in [0.2, 0.25) is 0 Å². The lowest BCUT2D eigenvalue weighted by Crippen LogP contribution is -2.41. The zero-order valence-corrected chi connectivity index (χ0v) is 11.5. The van der Waals surface area contributed by atoms with Crippen LogP contribution in [0.1, 0.15) is 32.7 Å². The number of hydrogen-bond acceptors (Lipinski definition) is 6. The van der Waals surface area contributed by atoms with Gasteiger partial charge in [-0.2, -0.15) is 0 Å². The maximum atomic E-state index is 14.0. The first-order valence-electron chi connectivity index (χ1n) is 5.53. The van der Waals surface area contributed by atoms with E-state index in [4.69, 9.17) is 15.0 Å². The molecule has 0 unspecified atom stereocenters. The van der Waals surface area contributed by atoms with Crippen LogP contribution < -0.4 is 5.73 Å². The molecule has 1 saturated heterocycles. The van der Waals surface area contributed by atoms with Crippen LogP contribution in [0.4, 0.5) is 9.52 Å². The van der Waals surface area contributed by atoms with Gasteiger partial charge in [0.15, 0.2) is 0 Å². The third-order valence-corrected chi connectivity index (χ3v) is 3.90. The predicted octanol–water partition coefficient (Wildman–Crippen LogP) is 2.06. The number of nitrogen functional groups attached to an aromatic ring is 1. The zero-order chi connectivity index (χ0) is 13.6. The van der Waals surface area contributed by atoms with Gasteiger partial charge in [-0.3, -0.25) is 0 Å². The van der Waals surface area contributed by atoms with Gasteiger partial charge in [0.05, 0.1) is 11.2 Å². The van der Waals surface area contributed by atoms with Gasteiger partial charge in [0.1, 0.15) is 10.7 Å². The molecule has 98 valence electrons. The van der Waals surface area contributed by atoms with E-state index < -0.39 is 24.0 Å². The summed E-state index contributed by atoms with van der Waals surface area (Å²) in [4.78, 5) is 0. The Bertz CT molecular complexity index is 473. The molecular formula is C10H15BFN3O2S. The van der Waals surface area contributed by atoms with Gasteiger partial charge in [-0.25, -0.2) is 4.39 Å². The number of anilines is 1. The predicted molar refractivity (Wildman–Crippen MR) is 69.5 cm³/mol. The average Bonchev–Trinajstić information content (AvgIpc) is 2.70. The lowest BCUT2D eigenvalue weighted by Gasteiger charge is -2.32. The molecule has 2 rings (SSSR count). The molecule has 2 heterocycles. The molecule has 18 heavy (non-hydrogen) atoms. The Morgan fingerprint density at radius 3 is 2.28 bits per heavy atom. The number of nitrogens with zero attached hydrogens (tertiary/aromatic N) is 2. The Kier molecular flexibility index (Phi) is 3.20. The second-order valence-corrected chi connectivity index (χ2v) is 6.14. The van der Waals surface area contributed by atoms with Gasteiger partial charge in [-0.05, 0) is 27.7 Å². The maximum Gasteiger partial charge on any atom is 0.525 e. The van der Waals surface area contributed by atoms with E-state index in [1.54, 1.807) is 0 Å². The Morgan fingerprint density at radius 1 is 1.28 bits per heavy atom. The van der Waals surface area contributed by atoms with Gasteiger partial charge in [0.25, 0.3) is 0 Å². The quantitative estimate of drug-likeness (QED) is 0.834. The van der Waals surface area contributed by atoms with Crippen LogP contribution in [0, 0.1) is 0 Å². The highest BCUT2D eigenvalue weighted by molar-refractivity contribution is 7.15. The minimum absolute atomic E-state index is 0.294. The smallest absolute Gasteiger partial charge is 0.398 e. The van der Waals surface area contributed by atoms with Crippen LogP contribution in [0.15, 0.2) is 5.73 Å². The van der Waals surface area contributed by atoms with Gasteiger partial charge in [-0.15, -0.1) is 10.2 Å². The Hall–Kier alpha value is -0.985. The van der Waals surface area contributed by atoms with E-state index in [1.165, 1.54) is 6.08 Å². The van der Waals surface area contributed by atoms with Crippen LogP contribution in [0.25, 0.3) is 6.08 Å². The van der Waals surface area contributed by atoms with Crippen molar-refractivity contribution in [1.29, 1.82) is 0 Å². The van der Waals surface area contributed by atoms with Crippen molar-refractivity contribution in [2.75, 3.05) is 5.73 Å². The monoisotopic (exact) mass is 271 g/mol. The van der Waals surface area contributed by atoms with Gasteiger partial charge in [0.2, 0.25) is 5.13 Å². The maximum absolute atomic E-state index is 14.0. The first-order valence-corrected chi connectivity index (χ1v) is 6.35. The molecule has 1 aromatic rings. The molecule has 0 aromatic carbocycles. The highest BCUT2D eigenvalue weighted by Crippen LogP contribution is 2.39. The summed E-state index contributed by atoms with van der Waals surface area (Å²) >= 11 is 1.10. The standard InChI is InChI=1S/C10H15BFN3O2S/c1-9(2)10(3,4)17-11(16-9)6(12)5-7-14-15-8(13)18-7/h5H,1-4H3,(H2,13,15). The summed E-state index contributed by atoms with van der Waals surface area (Å²) in [5.41, 5.74) is 3.75. The van der Waals surface area contributed by atoms with E-state index in [2.05, 4.69) is 10.2 Å². The average molecular weight is 271 g/mol. The third kappa shape index (κ3) is 2.41. The Labute approximate surface area is 109 Å². The molecule has 2 N–H and O–H groups in total. The number of halogens is 1. The number of nitrogens with two attached hydrogens (primary N) is 1. The van der Waals surface area contributed by atoms with Gasteiger partial charge in [-0.1, -0.05) is 11.3 Å². The van der Waals surface area contributed by atoms with Crippen LogP contribution in [0.5, 0.6) is 0 Å². The van der Waals surface area contributed by atoms with Crippen LogP contribution >= 0.6 is 11.3 Å². The highest BCUT2D eigenvalue weighted by Gasteiger charge is 2.53. The van der Waals surface area contributed by atoms with E-state index in [9.17, 15) is 4.39 Å². The van der Waals surface area contributed by atoms with Crippen molar-refractivity contribution in [2.24, 2.45) is 0 Å². The summed E-state index contributed by atoms with van der Waals surface area (Å²) in [6.07, 6.45) is 1.23. The lowest BCUT2D eigenvalue weighted by molar-refractivity contribution is 0.00578. The molecule has 0 aliphatic carbocycles. The second-order valence-electron chi connectivity index (χ2n) is 5.10. The number of aromatic nitrogens is 2.